The van der Waals surface area contributed by atoms with Crippen molar-refractivity contribution in [2.24, 2.45) is 0 Å². The molecule has 0 N–H and O–H groups in total. The quantitative estimate of drug-likeness (QED) is 0.360. The molecule has 0 aliphatic carbocycles. The molecule has 3 rings (SSSR count). The molecule has 2 amide bonds. The van der Waals surface area contributed by atoms with Gasteiger partial charge in [-0.1, -0.05) is 19.4 Å². The highest BCUT2D eigenvalue weighted by Gasteiger charge is 2.37. The van der Waals surface area contributed by atoms with Gasteiger partial charge >= 0.3 is 0 Å². The molecule has 7 nitrogen and oxygen atoms in total. The van der Waals surface area contributed by atoms with Crippen LogP contribution < -0.4 is 9.47 Å². The van der Waals surface area contributed by atoms with Gasteiger partial charge in [0.2, 0.25) is 0 Å². The predicted octanol–water partition coefficient (Wildman–Crippen LogP) is 3.65. The summed E-state index contributed by atoms with van der Waals surface area (Å²) in [7, 11) is 1.56. The molecule has 0 aromatic heterocycles. The van der Waals surface area contributed by atoms with E-state index < -0.39 is 11.8 Å². The summed E-state index contributed by atoms with van der Waals surface area (Å²) in [4.78, 5) is 27.0. The summed E-state index contributed by atoms with van der Waals surface area (Å²) in [5.74, 6) is 0.213. The fourth-order valence-corrected chi connectivity index (χ4v) is 3.67. The minimum atomic E-state index is -0.560. The van der Waals surface area contributed by atoms with Crippen LogP contribution in [-0.4, -0.2) is 49.7 Å². The number of methoxy groups -OCH3 is 1. The van der Waals surface area contributed by atoms with E-state index in [0.29, 0.717) is 41.4 Å². The molecule has 0 spiro atoms. The number of hydrogen-bond acceptors (Lipinski definition) is 6. The molecule has 1 aromatic rings. The Balaban J connectivity index is 1.93. The van der Waals surface area contributed by atoms with E-state index >= 15 is 0 Å². The van der Waals surface area contributed by atoms with Crippen LogP contribution in [0.25, 0.3) is 6.08 Å². The number of nitriles is 1. The zero-order valence-corrected chi connectivity index (χ0v) is 18.3. The van der Waals surface area contributed by atoms with Crippen LogP contribution in [0.1, 0.15) is 45.1 Å². The number of hydrogen-bond donors (Lipinski definition) is 0. The lowest BCUT2D eigenvalue weighted by Gasteiger charge is -2.29. The zero-order chi connectivity index (χ0) is 22.4. The van der Waals surface area contributed by atoms with E-state index in [9.17, 15) is 14.9 Å². The third kappa shape index (κ3) is 4.97. The standard InChI is InChI=1S/C24H28N2O5/c1-4-5-10-31-21-9-8-17(13-22(21)29-3)12-19-16(2)20(14-25)24(28)26(23(19)27)15-18-7-6-11-30-18/h8-9,12-13,18H,4-7,10-11,15H2,1-3H3/b19-12+. The van der Waals surface area contributed by atoms with Crippen molar-refractivity contribution in [3.63, 3.8) is 0 Å². The van der Waals surface area contributed by atoms with E-state index in [1.165, 1.54) is 0 Å². The fourth-order valence-electron chi connectivity index (χ4n) is 3.67. The van der Waals surface area contributed by atoms with Crippen molar-refractivity contribution >= 4 is 17.9 Å². The second kappa shape index (κ2) is 10.3. The molecule has 1 aromatic carbocycles. The molecule has 164 valence electrons. The first-order valence-electron chi connectivity index (χ1n) is 10.6. The SMILES string of the molecule is CCCCOc1ccc(/C=C2/C(=O)N(CC3CCCO3)C(=O)C(C#N)=C2C)cc1OC. The molecule has 0 radical (unpaired) electrons. The molecule has 7 heteroatoms. The predicted molar refractivity (Wildman–Crippen MR) is 115 cm³/mol. The summed E-state index contributed by atoms with van der Waals surface area (Å²) in [6.07, 6.45) is 5.16. The summed E-state index contributed by atoms with van der Waals surface area (Å²) in [6.45, 7) is 5.09. The second-order valence-corrected chi connectivity index (χ2v) is 7.64. The van der Waals surface area contributed by atoms with E-state index in [-0.39, 0.29) is 18.2 Å². The topological polar surface area (TPSA) is 88.9 Å². The molecule has 1 atom stereocenters. The lowest BCUT2D eigenvalue weighted by atomic mass is 9.93. The average Bonchev–Trinajstić information content (AvgIpc) is 3.29. The third-order valence-corrected chi connectivity index (χ3v) is 5.49. The highest BCUT2D eigenvalue weighted by molar-refractivity contribution is 6.19. The maximum atomic E-state index is 13.2. The Kier molecular flexibility index (Phi) is 7.48. The summed E-state index contributed by atoms with van der Waals surface area (Å²) in [5, 5.41) is 9.54. The lowest BCUT2D eigenvalue weighted by Crippen LogP contribution is -2.46. The normalized spacial score (nSPS) is 20.4. The van der Waals surface area contributed by atoms with Gasteiger partial charge in [-0.15, -0.1) is 0 Å². The highest BCUT2D eigenvalue weighted by Crippen LogP contribution is 2.32. The zero-order valence-electron chi connectivity index (χ0n) is 18.3. The molecule has 1 unspecified atom stereocenters. The van der Waals surface area contributed by atoms with E-state index in [1.807, 2.05) is 12.1 Å². The minimum Gasteiger partial charge on any atom is -0.493 e. The van der Waals surface area contributed by atoms with Crippen LogP contribution in [0.4, 0.5) is 0 Å². The second-order valence-electron chi connectivity index (χ2n) is 7.64. The maximum Gasteiger partial charge on any atom is 0.271 e. The molecular formula is C24H28N2O5. The Morgan fingerprint density at radius 1 is 1.29 bits per heavy atom. The number of ether oxygens (including phenoxy) is 3. The molecule has 31 heavy (non-hydrogen) atoms. The summed E-state index contributed by atoms with van der Waals surface area (Å²) in [6, 6.07) is 7.37. The smallest absolute Gasteiger partial charge is 0.271 e. The summed E-state index contributed by atoms with van der Waals surface area (Å²) in [5.41, 5.74) is 1.39. The Labute approximate surface area is 182 Å². The Hall–Kier alpha value is -3.11. The number of carbonyl (C=O) groups is 2. The van der Waals surface area contributed by atoms with Crippen molar-refractivity contribution in [3.05, 3.63) is 40.5 Å². The average molecular weight is 424 g/mol. The van der Waals surface area contributed by atoms with Crippen LogP contribution in [0.2, 0.25) is 0 Å². The number of amides is 2. The van der Waals surface area contributed by atoms with Gasteiger partial charge in [-0.05, 0) is 55.5 Å². The Morgan fingerprint density at radius 2 is 2.10 bits per heavy atom. The number of benzene rings is 1. The minimum absolute atomic E-state index is 0.0182. The van der Waals surface area contributed by atoms with Crippen molar-refractivity contribution in [3.8, 4) is 17.6 Å². The van der Waals surface area contributed by atoms with Crippen LogP contribution in [0.5, 0.6) is 11.5 Å². The molecule has 1 saturated heterocycles. The number of unbranched alkanes of at least 4 members (excludes halogenated alkanes) is 1. The van der Waals surface area contributed by atoms with Gasteiger partial charge in [0.1, 0.15) is 11.6 Å². The van der Waals surface area contributed by atoms with Crippen molar-refractivity contribution in [2.75, 3.05) is 26.9 Å². The van der Waals surface area contributed by atoms with Crippen LogP contribution in [0.15, 0.2) is 34.9 Å². The van der Waals surface area contributed by atoms with Gasteiger partial charge in [-0.25, -0.2) is 0 Å². The summed E-state index contributed by atoms with van der Waals surface area (Å²) >= 11 is 0. The third-order valence-electron chi connectivity index (χ3n) is 5.49. The number of rotatable bonds is 8. The van der Waals surface area contributed by atoms with Crippen LogP contribution in [-0.2, 0) is 14.3 Å². The van der Waals surface area contributed by atoms with Gasteiger partial charge in [0, 0.05) is 12.2 Å². The fraction of sp³-hybridized carbons (Fsp3) is 0.458. The van der Waals surface area contributed by atoms with Gasteiger partial charge in [0.15, 0.2) is 11.5 Å². The van der Waals surface area contributed by atoms with Crippen LogP contribution in [0, 0.1) is 11.3 Å². The van der Waals surface area contributed by atoms with E-state index in [1.54, 1.807) is 32.2 Å². The van der Waals surface area contributed by atoms with Gasteiger partial charge in [0.25, 0.3) is 11.8 Å². The van der Waals surface area contributed by atoms with Gasteiger partial charge in [-0.2, -0.15) is 5.26 Å². The van der Waals surface area contributed by atoms with E-state index in [4.69, 9.17) is 14.2 Å². The van der Waals surface area contributed by atoms with Crippen molar-refractivity contribution < 1.29 is 23.8 Å². The van der Waals surface area contributed by atoms with Gasteiger partial charge in [0.05, 0.1) is 26.4 Å². The molecule has 2 heterocycles. The summed E-state index contributed by atoms with van der Waals surface area (Å²) < 4.78 is 16.8. The largest absolute Gasteiger partial charge is 0.493 e. The van der Waals surface area contributed by atoms with Crippen molar-refractivity contribution in [1.29, 1.82) is 5.26 Å². The highest BCUT2D eigenvalue weighted by atomic mass is 16.5. The molecule has 0 saturated carbocycles. The molecule has 2 aliphatic heterocycles. The van der Waals surface area contributed by atoms with E-state index in [0.717, 1.165) is 30.6 Å². The van der Waals surface area contributed by atoms with Gasteiger partial charge in [-0.3, -0.25) is 14.5 Å². The Bertz CT molecular complexity index is 951. The monoisotopic (exact) mass is 424 g/mol. The number of imide groups is 1. The van der Waals surface area contributed by atoms with Crippen LogP contribution >= 0.6 is 0 Å². The molecule has 2 aliphatic rings. The maximum absolute atomic E-state index is 13.2. The Morgan fingerprint density at radius 3 is 2.74 bits per heavy atom. The molecule has 1 fully saturated rings. The molecular weight excluding hydrogens is 396 g/mol. The van der Waals surface area contributed by atoms with E-state index in [2.05, 4.69) is 6.92 Å². The molecule has 0 bridgehead atoms. The first kappa shape index (κ1) is 22.6. The van der Waals surface area contributed by atoms with Crippen LogP contribution in [0.3, 0.4) is 0 Å². The number of carbonyl (C=O) groups excluding carboxylic acids is 2. The first-order chi connectivity index (χ1) is 15.0. The number of nitrogens with zero attached hydrogens (tertiary/aromatic N) is 2. The van der Waals surface area contributed by atoms with Gasteiger partial charge < -0.3 is 14.2 Å². The lowest BCUT2D eigenvalue weighted by molar-refractivity contribution is -0.142. The van der Waals surface area contributed by atoms with Crippen molar-refractivity contribution in [2.45, 2.75) is 45.6 Å². The first-order valence-corrected chi connectivity index (χ1v) is 10.6. The van der Waals surface area contributed by atoms with Crippen molar-refractivity contribution in [1.82, 2.24) is 4.90 Å².